The van der Waals surface area contributed by atoms with Crippen molar-refractivity contribution < 1.29 is 26.4 Å². The van der Waals surface area contributed by atoms with Gasteiger partial charge in [-0.2, -0.15) is 0 Å². The molecule has 1 aromatic heterocycles. The number of nitrogens with zero attached hydrogens (tertiary/aromatic N) is 4. The predicted octanol–water partition coefficient (Wildman–Crippen LogP) is 9.41. The molecule has 0 aliphatic rings. The summed E-state index contributed by atoms with van der Waals surface area (Å²) < 4.78 is 67.6. The first kappa shape index (κ1) is 38.1. The van der Waals surface area contributed by atoms with E-state index < -0.39 is 21.3 Å². The normalized spacial score (nSPS) is 12.5. The maximum Gasteiger partial charge on any atom is 0.173 e. The fourth-order valence-corrected chi connectivity index (χ4v) is 8.41. The lowest BCUT2D eigenvalue weighted by Gasteiger charge is -2.36. The zero-order valence-corrected chi connectivity index (χ0v) is 31.2. The summed E-state index contributed by atoms with van der Waals surface area (Å²) in [6, 6.07) is 13.8. The van der Waals surface area contributed by atoms with Gasteiger partial charge in [0.25, 0.3) is 0 Å². The number of quaternary nitrogens is 1. The van der Waals surface area contributed by atoms with Gasteiger partial charge in [0.2, 0.25) is 0 Å². The van der Waals surface area contributed by atoms with Gasteiger partial charge in [0.05, 0.1) is 55.1 Å². The fraction of sp³-hybridized carbons (Fsp3) is 0.400. The van der Waals surface area contributed by atoms with Crippen molar-refractivity contribution in [2.75, 3.05) is 39.8 Å². The van der Waals surface area contributed by atoms with Crippen LogP contribution in [0.25, 0.3) is 10.4 Å². The van der Waals surface area contributed by atoms with E-state index in [0.29, 0.717) is 28.0 Å². The number of halogens is 4. The van der Waals surface area contributed by atoms with Gasteiger partial charge < -0.3 is 13.9 Å². The quantitative estimate of drug-likeness (QED) is 0.0651. The number of hydrogen-bond donors (Lipinski definition) is 0. The molecule has 0 spiro atoms. The molecular weight excluding hydrogens is 697 g/mol. The molecule has 0 bridgehead atoms. The van der Waals surface area contributed by atoms with E-state index in [0.717, 1.165) is 48.0 Å². The van der Waals surface area contributed by atoms with E-state index >= 15 is 4.39 Å². The van der Waals surface area contributed by atoms with Crippen molar-refractivity contribution in [2.24, 2.45) is 0 Å². The Morgan fingerprint density at radius 3 is 2.25 bits per heavy atom. The Morgan fingerprint density at radius 1 is 0.979 bits per heavy atom. The number of benzene rings is 3. The van der Waals surface area contributed by atoms with Crippen LogP contribution < -0.4 is 4.74 Å². The molecule has 3 aromatic carbocycles. The lowest BCUT2D eigenvalue weighted by atomic mass is 9.81. The minimum atomic E-state index is -4.10. The van der Waals surface area contributed by atoms with Crippen molar-refractivity contribution in [1.82, 2.24) is 9.55 Å². The second kappa shape index (κ2) is 15.9. The van der Waals surface area contributed by atoms with Gasteiger partial charge >= 0.3 is 0 Å². The first-order chi connectivity index (χ1) is 22.7. The third kappa shape index (κ3) is 8.37. The zero-order chi connectivity index (χ0) is 35.3. The van der Waals surface area contributed by atoms with Crippen LogP contribution in [0.3, 0.4) is 0 Å². The Kier molecular flexibility index (Phi) is 12.6. The summed E-state index contributed by atoms with van der Waals surface area (Å²) in [5.74, 6) is -0.558. The van der Waals surface area contributed by atoms with Crippen molar-refractivity contribution in [1.29, 1.82) is 0 Å². The average Bonchev–Trinajstić information content (AvgIpc) is 3.50. The van der Waals surface area contributed by atoms with E-state index in [-0.39, 0.29) is 33.6 Å². The number of aromatic nitrogens is 2. The van der Waals surface area contributed by atoms with E-state index in [1.165, 1.54) is 30.0 Å². The van der Waals surface area contributed by atoms with Gasteiger partial charge in [-0.15, -0.1) is 6.54 Å². The molecule has 0 fully saturated rings. The Hall–Kier alpha value is -2.67. The van der Waals surface area contributed by atoms with Crippen LogP contribution in [0.5, 0.6) is 5.75 Å². The maximum absolute atomic E-state index is 15.5. The SMILES string of the molecule is CC[N+](CC)(CC)CCC[N-]S(=O)(=O)c1cc(F)c(CSc2ncc(C(C)(C)c3ccc(Cl)c(OC)c3)n2-c2ccc(F)cc2)c(Cl)c1. The van der Waals surface area contributed by atoms with E-state index in [9.17, 15) is 12.8 Å². The summed E-state index contributed by atoms with van der Waals surface area (Å²) in [6.45, 7) is 14.2. The number of methoxy groups -OCH3 is 1. The van der Waals surface area contributed by atoms with Crippen LogP contribution in [0.15, 0.2) is 70.8 Å². The lowest BCUT2D eigenvalue weighted by Crippen LogP contribution is -2.48. The molecule has 1 heterocycles. The van der Waals surface area contributed by atoms with Crippen molar-refractivity contribution in [3.8, 4) is 11.4 Å². The molecule has 13 heteroatoms. The van der Waals surface area contributed by atoms with E-state index in [1.54, 1.807) is 31.5 Å². The number of imidazole rings is 1. The summed E-state index contributed by atoms with van der Waals surface area (Å²) in [5, 5.41) is 0.963. The first-order valence-corrected chi connectivity index (χ1v) is 19.0. The van der Waals surface area contributed by atoms with Crippen LogP contribution >= 0.6 is 35.0 Å². The molecule has 7 nitrogen and oxygen atoms in total. The topological polar surface area (TPSA) is 75.3 Å². The third-order valence-electron chi connectivity index (χ3n) is 9.15. The second-order valence-corrected chi connectivity index (χ2v) is 15.5. The van der Waals surface area contributed by atoms with E-state index in [2.05, 4.69) is 30.5 Å². The molecule has 4 rings (SSSR count). The van der Waals surface area contributed by atoms with Crippen LogP contribution in [0.2, 0.25) is 10.0 Å². The highest BCUT2D eigenvalue weighted by Crippen LogP contribution is 2.40. The minimum Gasteiger partial charge on any atom is -0.545 e. The molecule has 0 radical (unpaired) electrons. The van der Waals surface area contributed by atoms with Crippen LogP contribution in [-0.2, 0) is 21.2 Å². The third-order valence-corrected chi connectivity index (χ3v) is 12.1. The van der Waals surface area contributed by atoms with Gasteiger partial charge in [-0.25, -0.2) is 22.2 Å². The fourth-order valence-electron chi connectivity index (χ4n) is 5.73. The molecule has 260 valence electrons. The molecule has 4 aromatic rings. The Morgan fingerprint density at radius 2 is 1.65 bits per heavy atom. The number of hydrogen-bond acceptors (Lipinski definition) is 5. The molecule has 0 N–H and O–H groups in total. The molecule has 0 amide bonds. The van der Waals surface area contributed by atoms with Gasteiger partial charge in [0, 0.05) is 27.4 Å². The maximum atomic E-state index is 15.5. The van der Waals surface area contributed by atoms with E-state index in [4.69, 9.17) is 27.9 Å². The number of ether oxygens (including phenoxy) is 1. The lowest BCUT2D eigenvalue weighted by molar-refractivity contribution is -0.923. The van der Waals surface area contributed by atoms with Crippen molar-refractivity contribution >= 4 is 45.0 Å². The molecule has 0 saturated heterocycles. The second-order valence-electron chi connectivity index (χ2n) is 12.1. The molecular formula is C35H42Cl2F2N4O3S2. The molecule has 48 heavy (non-hydrogen) atoms. The smallest absolute Gasteiger partial charge is 0.173 e. The number of thioether (sulfide) groups is 1. The Balaban J connectivity index is 1.59. The first-order valence-electron chi connectivity index (χ1n) is 15.8. The van der Waals surface area contributed by atoms with Crippen LogP contribution in [-0.4, -0.2) is 62.3 Å². The summed E-state index contributed by atoms with van der Waals surface area (Å²) >= 11 is 14.0. The van der Waals surface area contributed by atoms with Gasteiger partial charge in [-0.3, -0.25) is 4.57 Å². The van der Waals surface area contributed by atoms with Crippen LogP contribution in [0, 0.1) is 11.6 Å². The molecule has 0 aliphatic carbocycles. The summed E-state index contributed by atoms with van der Waals surface area (Å²) in [6.07, 6.45) is 2.33. The summed E-state index contributed by atoms with van der Waals surface area (Å²) in [4.78, 5) is 4.39. The van der Waals surface area contributed by atoms with Crippen LogP contribution in [0.4, 0.5) is 8.78 Å². The zero-order valence-electron chi connectivity index (χ0n) is 28.1. The largest absolute Gasteiger partial charge is 0.545 e. The standard InChI is InChI=1S/C35H42Cl2F2N4O3S2/c1-7-43(8-2,9-3)18-10-17-41-48(44,45)27-20-30(37)28(31(39)21-27)23-47-34-40-22-33(42(34)26-14-12-25(38)13-15-26)35(4,5)24-11-16-29(36)32(19-24)46-6/h11-16,19-22H,7-10,17-18,23H2,1-6H3. The Bertz CT molecular complexity index is 1800. The van der Waals surface area contributed by atoms with Gasteiger partial charge in [0.1, 0.15) is 27.4 Å². The number of sulfonamides is 1. The highest BCUT2D eigenvalue weighted by Gasteiger charge is 2.30. The molecule has 0 aliphatic heterocycles. The predicted molar refractivity (Wildman–Crippen MR) is 191 cm³/mol. The van der Waals surface area contributed by atoms with Crippen LogP contribution in [0.1, 0.15) is 57.9 Å². The highest BCUT2D eigenvalue weighted by atomic mass is 35.5. The molecule has 0 saturated carbocycles. The van der Waals surface area contributed by atoms with Crippen molar-refractivity contribution in [3.05, 3.63) is 104 Å². The van der Waals surface area contributed by atoms with E-state index in [1.807, 2.05) is 30.5 Å². The Labute approximate surface area is 297 Å². The molecule has 0 atom stereocenters. The van der Waals surface area contributed by atoms with Crippen molar-refractivity contribution in [3.63, 3.8) is 0 Å². The van der Waals surface area contributed by atoms with Gasteiger partial charge in [0.15, 0.2) is 5.16 Å². The highest BCUT2D eigenvalue weighted by molar-refractivity contribution is 7.98. The average molecular weight is 740 g/mol. The van der Waals surface area contributed by atoms with Gasteiger partial charge in [-0.05, 0) is 81.3 Å². The van der Waals surface area contributed by atoms with Gasteiger partial charge in [-0.1, -0.05) is 54.9 Å². The minimum absolute atomic E-state index is 0.0244. The molecule has 0 unspecified atom stereocenters. The summed E-state index contributed by atoms with van der Waals surface area (Å²) in [7, 11) is -2.55. The monoisotopic (exact) mass is 738 g/mol. The summed E-state index contributed by atoms with van der Waals surface area (Å²) in [5.41, 5.74) is 1.85. The van der Waals surface area contributed by atoms with Crippen molar-refractivity contribution in [2.45, 2.75) is 62.3 Å². The number of rotatable bonds is 16.